The van der Waals surface area contributed by atoms with Crippen molar-refractivity contribution >= 4 is 30.0 Å². The lowest BCUT2D eigenvalue weighted by Crippen LogP contribution is -2.37. The number of carboxylic acids is 1. The van der Waals surface area contributed by atoms with Crippen LogP contribution < -0.4 is 11.1 Å². The summed E-state index contributed by atoms with van der Waals surface area (Å²) in [6, 6.07) is 7.71. The number of anilines is 1. The van der Waals surface area contributed by atoms with E-state index < -0.39 is 17.9 Å². The summed E-state index contributed by atoms with van der Waals surface area (Å²) in [6.45, 7) is 0. The van der Waals surface area contributed by atoms with Crippen molar-refractivity contribution in [2.24, 2.45) is 5.73 Å². The summed E-state index contributed by atoms with van der Waals surface area (Å²) in [5, 5.41) is 11.0. The number of carbonyl (C=O) groups excluding carboxylic acids is 1. The van der Waals surface area contributed by atoms with Gasteiger partial charge in [0.05, 0.1) is 12.5 Å². The first kappa shape index (κ1) is 14.4. The van der Waals surface area contributed by atoms with Gasteiger partial charge < -0.3 is 16.2 Å². The minimum absolute atomic E-state index is 0. The van der Waals surface area contributed by atoms with Gasteiger partial charge in [-0.05, 0) is 12.1 Å². The molecule has 0 spiro atoms. The number of carboxylic acid groups (broad SMARTS) is 1. The molecule has 4 N–H and O–H groups in total. The van der Waals surface area contributed by atoms with Gasteiger partial charge in [0.25, 0.3) is 0 Å². The van der Waals surface area contributed by atoms with Crippen molar-refractivity contribution in [2.75, 3.05) is 5.32 Å². The Morgan fingerprint density at radius 3 is 2.38 bits per heavy atom. The zero-order valence-electron chi connectivity index (χ0n) is 8.42. The van der Waals surface area contributed by atoms with E-state index >= 15 is 0 Å². The Bertz CT molecular complexity index is 356. The second-order valence-electron chi connectivity index (χ2n) is 3.06. The Morgan fingerprint density at radius 2 is 1.88 bits per heavy atom. The van der Waals surface area contributed by atoms with Crippen molar-refractivity contribution in [3.63, 3.8) is 0 Å². The van der Waals surface area contributed by atoms with E-state index in [0.29, 0.717) is 5.69 Å². The number of benzene rings is 1. The van der Waals surface area contributed by atoms with Crippen LogP contribution in [-0.2, 0) is 9.59 Å². The van der Waals surface area contributed by atoms with Crippen LogP contribution in [0.2, 0.25) is 0 Å². The third-order valence-electron chi connectivity index (χ3n) is 1.77. The van der Waals surface area contributed by atoms with E-state index in [1.165, 1.54) is 0 Å². The number of hydrogen-bond acceptors (Lipinski definition) is 3. The highest BCUT2D eigenvalue weighted by Gasteiger charge is 2.16. The van der Waals surface area contributed by atoms with Gasteiger partial charge in [-0.1, -0.05) is 18.2 Å². The van der Waals surface area contributed by atoms with Gasteiger partial charge in [0.1, 0.15) is 0 Å². The fraction of sp³-hybridized carbons (Fsp3) is 0.200. The minimum atomic E-state index is -1.09. The van der Waals surface area contributed by atoms with Crippen molar-refractivity contribution in [1.82, 2.24) is 0 Å². The molecule has 1 aromatic rings. The maximum Gasteiger partial charge on any atom is 0.305 e. The molecule has 0 aliphatic rings. The van der Waals surface area contributed by atoms with Gasteiger partial charge in [-0.25, -0.2) is 0 Å². The van der Waals surface area contributed by atoms with E-state index in [0.717, 1.165) is 0 Å². The van der Waals surface area contributed by atoms with Crippen LogP contribution in [0.5, 0.6) is 0 Å². The summed E-state index contributed by atoms with van der Waals surface area (Å²) in [6.07, 6.45) is -0.376. The summed E-state index contributed by atoms with van der Waals surface area (Å²) in [5.41, 5.74) is 5.97. The van der Waals surface area contributed by atoms with Crippen molar-refractivity contribution < 1.29 is 14.7 Å². The van der Waals surface area contributed by atoms with Crippen LogP contribution >= 0.6 is 12.4 Å². The molecule has 1 aromatic carbocycles. The fourth-order valence-corrected chi connectivity index (χ4v) is 1.04. The maximum absolute atomic E-state index is 11.3. The Morgan fingerprint density at radius 1 is 1.31 bits per heavy atom. The molecule has 0 saturated heterocycles. The summed E-state index contributed by atoms with van der Waals surface area (Å²) in [7, 11) is 0. The number of para-hydroxylation sites is 1. The number of rotatable bonds is 4. The van der Waals surface area contributed by atoms with E-state index in [-0.39, 0.29) is 18.8 Å². The number of aliphatic carboxylic acids is 1. The zero-order chi connectivity index (χ0) is 11.3. The quantitative estimate of drug-likeness (QED) is 0.732. The van der Waals surface area contributed by atoms with Gasteiger partial charge in [-0.15, -0.1) is 12.4 Å². The third kappa shape index (κ3) is 4.77. The highest BCUT2D eigenvalue weighted by Crippen LogP contribution is 2.05. The van der Waals surface area contributed by atoms with E-state index in [4.69, 9.17) is 10.8 Å². The number of carbonyl (C=O) groups is 2. The second kappa shape index (κ2) is 6.81. The van der Waals surface area contributed by atoms with Crippen LogP contribution in [-0.4, -0.2) is 23.0 Å². The van der Waals surface area contributed by atoms with Gasteiger partial charge >= 0.3 is 5.97 Å². The molecule has 1 atom stereocenters. The molecule has 0 bridgehead atoms. The van der Waals surface area contributed by atoms with E-state index in [9.17, 15) is 9.59 Å². The standard InChI is InChI=1S/C10H12N2O3.ClH/c11-8(6-9(13)14)10(15)12-7-4-2-1-3-5-7;/h1-5,8H,6,11H2,(H,12,15)(H,13,14);1H/t8-;/m0./s1. The van der Waals surface area contributed by atoms with E-state index in [2.05, 4.69) is 5.32 Å². The Kier molecular flexibility index (Phi) is 6.14. The molecule has 0 unspecified atom stereocenters. The fourth-order valence-electron chi connectivity index (χ4n) is 1.04. The average Bonchev–Trinajstić information content (AvgIpc) is 2.18. The Hall–Kier alpha value is -1.59. The van der Waals surface area contributed by atoms with Crippen LogP contribution in [0.4, 0.5) is 5.69 Å². The van der Waals surface area contributed by atoms with Gasteiger partial charge in [0.2, 0.25) is 5.91 Å². The molecule has 6 heteroatoms. The van der Waals surface area contributed by atoms with Crippen LogP contribution in [0.15, 0.2) is 30.3 Å². The summed E-state index contributed by atoms with van der Waals surface area (Å²) in [5.74, 6) is -1.59. The molecular formula is C10H13ClN2O3. The van der Waals surface area contributed by atoms with Crippen LogP contribution in [0.3, 0.4) is 0 Å². The predicted molar refractivity (Wildman–Crippen MR) is 62.5 cm³/mol. The zero-order valence-corrected chi connectivity index (χ0v) is 9.24. The van der Waals surface area contributed by atoms with Crippen LogP contribution in [0.25, 0.3) is 0 Å². The molecular weight excluding hydrogens is 232 g/mol. The molecule has 88 valence electrons. The summed E-state index contributed by atoms with van der Waals surface area (Å²) < 4.78 is 0. The maximum atomic E-state index is 11.3. The molecule has 0 heterocycles. The molecule has 1 amide bonds. The molecule has 16 heavy (non-hydrogen) atoms. The van der Waals surface area contributed by atoms with E-state index in [1.54, 1.807) is 24.3 Å². The average molecular weight is 245 g/mol. The lowest BCUT2D eigenvalue weighted by Gasteiger charge is -2.09. The summed E-state index contributed by atoms with van der Waals surface area (Å²) >= 11 is 0. The minimum Gasteiger partial charge on any atom is -0.481 e. The Labute approximate surface area is 99.1 Å². The first-order chi connectivity index (χ1) is 7.09. The van der Waals surface area contributed by atoms with Crippen molar-refractivity contribution in [2.45, 2.75) is 12.5 Å². The van der Waals surface area contributed by atoms with Gasteiger partial charge in [-0.3, -0.25) is 9.59 Å². The molecule has 0 aliphatic carbocycles. The molecule has 5 nitrogen and oxygen atoms in total. The van der Waals surface area contributed by atoms with Crippen LogP contribution in [0, 0.1) is 0 Å². The molecule has 0 aromatic heterocycles. The Balaban J connectivity index is 0.00000225. The smallest absolute Gasteiger partial charge is 0.305 e. The molecule has 0 fully saturated rings. The predicted octanol–water partition coefficient (Wildman–Crippen LogP) is 0.849. The molecule has 0 saturated carbocycles. The normalized spacial score (nSPS) is 11.1. The van der Waals surface area contributed by atoms with E-state index in [1.807, 2.05) is 6.07 Å². The summed E-state index contributed by atoms with van der Waals surface area (Å²) in [4.78, 5) is 21.7. The first-order valence-corrected chi connectivity index (χ1v) is 4.43. The van der Waals surface area contributed by atoms with Crippen molar-refractivity contribution in [3.05, 3.63) is 30.3 Å². The number of nitrogens with one attached hydrogen (secondary N) is 1. The van der Waals surface area contributed by atoms with Crippen molar-refractivity contribution in [1.29, 1.82) is 0 Å². The molecule has 0 radical (unpaired) electrons. The van der Waals surface area contributed by atoms with Crippen LogP contribution in [0.1, 0.15) is 6.42 Å². The second-order valence-corrected chi connectivity index (χ2v) is 3.06. The number of nitrogens with two attached hydrogens (primary N) is 1. The highest BCUT2D eigenvalue weighted by molar-refractivity contribution is 5.96. The van der Waals surface area contributed by atoms with Gasteiger partial charge in [-0.2, -0.15) is 0 Å². The first-order valence-electron chi connectivity index (χ1n) is 4.43. The SMILES string of the molecule is Cl.N[C@@H](CC(=O)O)C(=O)Nc1ccccc1. The molecule has 0 aliphatic heterocycles. The lowest BCUT2D eigenvalue weighted by molar-refractivity contribution is -0.138. The third-order valence-corrected chi connectivity index (χ3v) is 1.77. The van der Waals surface area contributed by atoms with Gasteiger partial charge in [0.15, 0.2) is 0 Å². The lowest BCUT2D eigenvalue weighted by atomic mass is 10.2. The van der Waals surface area contributed by atoms with Crippen molar-refractivity contribution in [3.8, 4) is 0 Å². The molecule has 1 rings (SSSR count). The topological polar surface area (TPSA) is 92.4 Å². The number of halogens is 1. The highest BCUT2D eigenvalue weighted by atomic mass is 35.5. The number of hydrogen-bond donors (Lipinski definition) is 3. The largest absolute Gasteiger partial charge is 0.481 e. The number of amides is 1. The van der Waals surface area contributed by atoms with Gasteiger partial charge in [0, 0.05) is 5.69 Å². The monoisotopic (exact) mass is 244 g/mol.